The molecule has 0 radical (unpaired) electrons. The topological polar surface area (TPSA) is 62.3 Å². The molecule has 4 rings (SSSR count). The number of halogens is 1. The normalized spacial score (nSPS) is 15.3. The number of nitrogens with one attached hydrogen (secondary N) is 1. The van der Waals surface area contributed by atoms with E-state index >= 15 is 0 Å². The molecule has 1 aromatic carbocycles. The summed E-state index contributed by atoms with van der Waals surface area (Å²) in [5.41, 5.74) is 0.829. The molecule has 0 aliphatic heterocycles. The number of carbonyl (C=O) groups is 2. The Hall–Kier alpha value is -2.70. The number of benzene rings is 1. The molecule has 5 nitrogen and oxygen atoms in total. The van der Waals surface area contributed by atoms with Crippen molar-refractivity contribution in [3.8, 4) is 0 Å². The van der Waals surface area contributed by atoms with Gasteiger partial charge in [-0.15, -0.1) is 11.3 Å². The van der Waals surface area contributed by atoms with Gasteiger partial charge in [0.05, 0.1) is 0 Å². The minimum absolute atomic E-state index is 0.134. The molecule has 3 aromatic rings. The van der Waals surface area contributed by atoms with Crippen LogP contribution in [-0.4, -0.2) is 22.8 Å². The Morgan fingerprint density at radius 3 is 2.58 bits per heavy atom. The third-order valence-electron chi connectivity index (χ3n) is 5.46. The van der Waals surface area contributed by atoms with Gasteiger partial charge in [0.2, 0.25) is 5.91 Å². The van der Waals surface area contributed by atoms with Crippen molar-refractivity contribution in [2.75, 3.05) is 4.90 Å². The highest BCUT2D eigenvalue weighted by Crippen LogP contribution is 2.33. The van der Waals surface area contributed by atoms with E-state index in [4.69, 9.17) is 11.6 Å². The summed E-state index contributed by atoms with van der Waals surface area (Å²) in [6.45, 7) is 0. The van der Waals surface area contributed by atoms with Crippen molar-refractivity contribution in [1.29, 1.82) is 0 Å². The van der Waals surface area contributed by atoms with Crippen LogP contribution >= 0.6 is 22.9 Å². The second-order valence-electron chi connectivity index (χ2n) is 7.63. The first-order valence-electron chi connectivity index (χ1n) is 10.5. The predicted octanol–water partition coefficient (Wildman–Crippen LogP) is 5.63. The summed E-state index contributed by atoms with van der Waals surface area (Å²) < 4.78 is 0. The van der Waals surface area contributed by atoms with E-state index in [-0.39, 0.29) is 23.6 Å². The molecule has 1 fully saturated rings. The van der Waals surface area contributed by atoms with Crippen LogP contribution in [0.3, 0.4) is 0 Å². The van der Waals surface area contributed by atoms with E-state index < -0.39 is 6.04 Å². The van der Waals surface area contributed by atoms with Crippen LogP contribution in [0.25, 0.3) is 0 Å². The summed E-state index contributed by atoms with van der Waals surface area (Å²) in [4.78, 5) is 33.8. The number of rotatable bonds is 6. The molecule has 2 heterocycles. The molecule has 1 aliphatic carbocycles. The summed E-state index contributed by atoms with van der Waals surface area (Å²) in [6, 6.07) is 15.3. The van der Waals surface area contributed by atoms with E-state index in [0.717, 1.165) is 30.6 Å². The van der Waals surface area contributed by atoms with Crippen molar-refractivity contribution in [2.45, 2.75) is 44.2 Å². The van der Waals surface area contributed by atoms with E-state index in [1.54, 1.807) is 48.7 Å². The molecule has 160 valence electrons. The Morgan fingerprint density at radius 1 is 1.06 bits per heavy atom. The van der Waals surface area contributed by atoms with E-state index in [0.29, 0.717) is 10.7 Å². The molecule has 2 amide bonds. The zero-order valence-electron chi connectivity index (χ0n) is 17.0. The highest BCUT2D eigenvalue weighted by molar-refractivity contribution is 7.10. The lowest BCUT2D eigenvalue weighted by Gasteiger charge is -2.32. The molecule has 31 heavy (non-hydrogen) atoms. The lowest BCUT2D eigenvalue weighted by Crippen LogP contribution is -2.47. The van der Waals surface area contributed by atoms with Gasteiger partial charge in [-0.2, -0.15) is 0 Å². The lowest BCUT2D eigenvalue weighted by atomic mass is 9.95. The number of hydrogen-bond acceptors (Lipinski definition) is 4. The Bertz CT molecular complexity index is 1020. The average molecular weight is 454 g/mol. The molecule has 1 atom stereocenters. The predicted molar refractivity (Wildman–Crippen MR) is 125 cm³/mol. The second-order valence-corrected chi connectivity index (χ2v) is 9.05. The smallest absolute Gasteiger partial charge is 0.277 e. The first kappa shape index (κ1) is 21.5. The van der Waals surface area contributed by atoms with E-state index in [1.165, 1.54) is 22.7 Å². The molecule has 1 N–H and O–H groups in total. The van der Waals surface area contributed by atoms with Crippen LogP contribution in [0.15, 0.2) is 66.2 Å². The maximum Gasteiger partial charge on any atom is 0.277 e. The summed E-state index contributed by atoms with van der Waals surface area (Å²) in [5, 5.41) is 5.61. The zero-order chi connectivity index (χ0) is 21.6. The number of aromatic nitrogens is 1. The third-order valence-corrected chi connectivity index (χ3v) is 6.62. The highest BCUT2D eigenvalue weighted by atomic mass is 35.5. The number of hydrogen-bond donors (Lipinski definition) is 1. The summed E-state index contributed by atoms with van der Waals surface area (Å²) in [6.07, 6.45) is 6.93. The molecule has 2 aromatic heterocycles. The number of thiophene rings is 1. The standard InChI is InChI=1S/C24H24ClN3O2S/c25-17-8-6-11-19(16-17)28(24(30)20-12-4-5-14-26-20)22(21-13-7-15-31-21)23(29)27-18-9-2-1-3-10-18/h4-8,11-16,18,22H,1-3,9-10H2,(H,27,29). The number of pyridine rings is 1. The van der Waals surface area contributed by atoms with E-state index in [1.807, 2.05) is 17.5 Å². The number of nitrogens with zero attached hydrogens (tertiary/aromatic N) is 2. The average Bonchev–Trinajstić information content (AvgIpc) is 3.32. The Balaban J connectivity index is 1.76. The van der Waals surface area contributed by atoms with E-state index in [2.05, 4.69) is 10.3 Å². The van der Waals surface area contributed by atoms with Crippen LogP contribution in [0.1, 0.15) is 53.5 Å². The van der Waals surface area contributed by atoms with Gasteiger partial charge in [0, 0.05) is 27.8 Å². The molecule has 0 saturated heterocycles. The minimum Gasteiger partial charge on any atom is -0.351 e. The molecule has 0 spiro atoms. The molecule has 1 saturated carbocycles. The van der Waals surface area contributed by atoms with Crippen molar-refractivity contribution < 1.29 is 9.59 Å². The van der Waals surface area contributed by atoms with Gasteiger partial charge in [0.25, 0.3) is 5.91 Å². The van der Waals surface area contributed by atoms with Gasteiger partial charge < -0.3 is 5.32 Å². The van der Waals surface area contributed by atoms with Crippen molar-refractivity contribution in [2.24, 2.45) is 0 Å². The first-order valence-corrected chi connectivity index (χ1v) is 11.7. The molecule has 1 aliphatic rings. The monoisotopic (exact) mass is 453 g/mol. The maximum absolute atomic E-state index is 13.6. The zero-order valence-corrected chi connectivity index (χ0v) is 18.6. The van der Waals surface area contributed by atoms with Crippen molar-refractivity contribution in [1.82, 2.24) is 10.3 Å². The summed E-state index contributed by atoms with van der Waals surface area (Å²) in [7, 11) is 0. The molecule has 7 heteroatoms. The van der Waals surface area contributed by atoms with Crippen molar-refractivity contribution in [3.63, 3.8) is 0 Å². The van der Waals surface area contributed by atoms with Crippen LogP contribution in [-0.2, 0) is 4.79 Å². The minimum atomic E-state index is -0.810. The molecular weight excluding hydrogens is 430 g/mol. The van der Waals surface area contributed by atoms with Crippen LogP contribution in [0.5, 0.6) is 0 Å². The lowest BCUT2D eigenvalue weighted by molar-refractivity contribution is -0.123. The van der Waals surface area contributed by atoms with Crippen LogP contribution in [0.2, 0.25) is 5.02 Å². The largest absolute Gasteiger partial charge is 0.351 e. The van der Waals surface area contributed by atoms with Crippen LogP contribution < -0.4 is 10.2 Å². The molecular formula is C24H24ClN3O2S. The fourth-order valence-corrected chi connectivity index (χ4v) is 4.97. The van der Waals surface area contributed by atoms with Crippen LogP contribution in [0.4, 0.5) is 5.69 Å². The second kappa shape index (κ2) is 10.1. The van der Waals surface area contributed by atoms with Gasteiger partial charge in [-0.1, -0.05) is 49.1 Å². The van der Waals surface area contributed by atoms with Crippen molar-refractivity contribution in [3.05, 3.63) is 81.8 Å². The Morgan fingerprint density at radius 2 is 1.90 bits per heavy atom. The SMILES string of the molecule is O=C(NC1CCCCC1)C(c1cccs1)N(C(=O)c1ccccn1)c1cccc(Cl)c1. The number of anilines is 1. The maximum atomic E-state index is 13.6. The quantitative estimate of drug-likeness (QED) is 0.525. The molecule has 0 bridgehead atoms. The third kappa shape index (κ3) is 5.14. The number of carbonyl (C=O) groups excluding carboxylic acids is 2. The van der Waals surface area contributed by atoms with Gasteiger partial charge in [-0.25, -0.2) is 0 Å². The Labute approximate surface area is 191 Å². The van der Waals surface area contributed by atoms with E-state index in [9.17, 15) is 9.59 Å². The fraction of sp³-hybridized carbons (Fsp3) is 0.292. The highest BCUT2D eigenvalue weighted by Gasteiger charge is 2.35. The van der Waals surface area contributed by atoms with Gasteiger partial charge in [-0.3, -0.25) is 19.5 Å². The van der Waals surface area contributed by atoms with Crippen molar-refractivity contribution >= 4 is 40.4 Å². The summed E-state index contributed by atoms with van der Waals surface area (Å²) >= 11 is 7.71. The first-order chi connectivity index (χ1) is 15.1. The van der Waals surface area contributed by atoms with Gasteiger partial charge in [-0.05, 0) is 54.6 Å². The Kier molecular flexibility index (Phi) is 6.99. The number of amides is 2. The summed E-state index contributed by atoms with van der Waals surface area (Å²) in [5.74, 6) is -0.529. The van der Waals surface area contributed by atoms with Crippen LogP contribution in [0, 0.1) is 0 Å². The molecule has 1 unspecified atom stereocenters. The van der Waals surface area contributed by atoms with Gasteiger partial charge in [0.1, 0.15) is 5.69 Å². The van der Waals surface area contributed by atoms with Gasteiger partial charge in [0.15, 0.2) is 6.04 Å². The van der Waals surface area contributed by atoms with Gasteiger partial charge >= 0.3 is 0 Å². The fourth-order valence-electron chi connectivity index (χ4n) is 3.97.